The third-order valence-corrected chi connectivity index (χ3v) is 48.1. The summed E-state index contributed by atoms with van der Waals surface area (Å²) < 4.78 is 4.67. The maximum atomic E-state index is 4.43. The van der Waals surface area contributed by atoms with E-state index in [0.29, 0.717) is 6.25 Å². The Labute approximate surface area is 105 Å². The predicted molar refractivity (Wildman–Crippen MR) is 69.2 cm³/mol. The Kier molecular flexibility index (Phi) is 3.73. The zero-order valence-corrected chi connectivity index (χ0v) is 17.3. The van der Waals surface area contributed by atoms with Gasteiger partial charge in [-0.15, -0.1) is 0 Å². The zero-order valence-electron chi connectivity index (χ0n) is 10.3. The van der Waals surface area contributed by atoms with Gasteiger partial charge in [0.1, 0.15) is 0 Å². The fourth-order valence-electron chi connectivity index (χ4n) is 2.00. The molecule has 0 aromatic carbocycles. The second-order valence-corrected chi connectivity index (χ2v) is 41.6. The van der Waals surface area contributed by atoms with Gasteiger partial charge in [-0.25, -0.2) is 0 Å². The van der Waals surface area contributed by atoms with Crippen molar-refractivity contribution < 1.29 is 0 Å². The summed E-state index contributed by atoms with van der Waals surface area (Å²) in [5, 5.41) is 0. The molecule has 1 rings (SSSR count). The standard InChI is InChI=1S/2C4H9.2C2H2.2Bi/c2*1-4(2)3;2*1-2;;/h2*1-3H3;2*1H2;;. The number of rotatable bonds is 0. The van der Waals surface area contributed by atoms with Gasteiger partial charge in [0.05, 0.1) is 0 Å². The first-order chi connectivity index (χ1) is 6.07. The zero-order chi connectivity index (χ0) is 11.3. The van der Waals surface area contributed by atoms with Crippen molar-refractivity contribution in [3.8, 4) is 0 Å². The summed E-state index contributed by atoms with van der Waals surface area (Å²) in [5.41, 5.74) is 0. The van der Waals surface area contributed by atoms with Gasteiger partial charge < -0.3 is 0 Å². The summed E-state index contributed by atoms with van der Waals surface area (Å²) >= 11 is -3.01. The predicted octanol–water partition coefficient (Wildman–Crippen LogP) is 3.86. The number of hydrogen-bond acceptors (Lipinski definition) is 0. The molecular weight excluding hydrogens is 562 g/mol. The molecule has 1 aliphatic heterocycles. The van der Waals surface area contributed by atoms with E-state index in [9.17, 15) is 0 Å². The van der Waals surface area contributed by atoms with Crippen LogP contribution in [0.4, 0.5) is 0 Å². The Morgan fingerprint density at radius 2 is 0.929 bits per heavy atom. The Morgan fingerprint density at radius 3 is 1.07 bits per heavy atom. The van der Waals surface area contributed by atoms with Gasteiger partial charge in [-0.3, -0.25) is 0 Å². The van der Waals surface area contributed by atoms with Crippen LogP contribution in [-0.4, -0.2) is 43.5 Å². The molecule has 0 aromatic rings. The first kappa shape index (κ1) is 13.3. The van der Waals surface area contributed by atoms with Crippen LogP contribution in [0.5, 0.6) is 0 Å². The molecule has 2 heteroatoms. The molecule has 0 N–H and O–H groups in total. The molecule has 0 nitrogen and oxygen atoms in total. The summed E-state index contributed by atoms with van der Waals surface area (Å²) in [5.74, 6) is 0. The van der Waals surface area contributed by atoms with Crippen molar-refractivity contribution in [2.24, 2.45) is 0 Å². The van der Waals surface area contributed by atoms with Crippen LogP contribution in [0.1, 0.15) is 41.5 Å². The van der Waals surface area contributed by atoms with Crippen LogP contribution in [0.3, 0.4) is 0 Å². The molecule has 0 saturated carbocycles. The third kappa shape index (κ3) is 2.32. The fraction of sp³-hybridized carbons (Fsp3) is 0.667. The molecule has 1 aliphatic rings. The Hall–Kier alpha value is 1.25. The first-order valence-electron chi connectivity index (χ1n) is 5.05. The van der Waals surface area contributed by atoms with Gasteiger partial charge in [0, 0.05) is 0 Å². The molecular formula is C12H22Bi2. The second-order valence-electron chi connectivity index (χ2n) is 5.84. The van der Waals surface area contributed by atoms with Crippen LogP contribution >= 0.6 is 0 Å². The van der Waals surface area contributed by atoms with Crippen molar-refractivity contribution in [2.75, 3.05) is 0 Å². The molecule has 1 fully saturated rings. The summed E-state index contributed by atoms with van der Waals surface area (Å²) in [7, 11) is 0. The van der Waals surface area contributed by atoms with E-state index in [1.807, 2.05) is 0 Å². The van der Waals surface area contributed by atoms with Crippen LogP contribution < -0.4 is 0 Å². The fourth-order valence-corrected chi connectivity index (χ4v) is 81.8. The normalized spacial score (nSPS) is 21.3. The van der Waals surface area contributed by atoms with Crippen molar-refractivity contribution in [1.29, 1.82) is 0 Å². The molecule has 0 aromatic heterocycles. The molecule has 0 amide bonds. The molecule has 80 valence electrons. The summed E-state index contributed by atoms with van der Waals surface area (Å²) in [4.78, 5) is 0. The Bertz CT molecular complexity index is 234. The average molecular weight is 584 g/mol. The van der Waals surface area contributed by atoms with Gasteiger partial charge in [-0.05, 0) is 0 Å². The minimum atomic E-state index is -1.51. The van der Waals surface area contributed by atoms with E-state index in [-0.39, 0.29) is 0 Å². The molecule has 1 heterocycles. The van der Waals surface area contributed by atoms with Gasteiger partial charge in [0.15, 0.2) is 0 Å². The molecule has 0 spiro atoms. The van der Waals surface area contributed by atoms with E-state index >= 15 is 0 Å². The molecule has 14 heavy (non-hydrogen) atoms. The van der Waals surface area contributed by atoms with Gasteiger partial charge in [-0.1, -0.05) is 0 Å². The van der Waals surface area contributed by atoms with Gasteiger partial charge in [0.2, 0.25) is 0 Å². The van der Waals surface area contributed by atoms with Crippen LogP contribution in [-0.2, 0) is 0 Å². The van der Waals surface area contributed by atoms with Crippen molar-refractivity contribution in [3.05, 3.63) is 15.1 Å². The van der Waals surface area contributed by atoms with Crippen LogP contribution in [0.25, 0.3) is 0 Å². The molecule has 0 bridgehead atoms. The van der Waals surface area contributed by atoms with E-state index in [1.54, 1.807) is 1.98 Å². The van der Waals surface area contributed by atoms with Crippen molar-refractivity contribution in [2.45, 2.75) is 47.8 Å². The minimum absolute atomic E-state index is 0.542. The van der Waals surface area contributed by atoms with Gasteiger partial charge in [-0.2, -0.15) is 0 Å². The van der Waals surface area contributed by atoms with E-state index < -0.39 is 43.5 Å². The van der Waals surface area contributed by atoms with E-state index in [0.717, 1.165) is 0 Å². The van der Waals surface area contributed by atoms with Crippen LogP contribution in [0.15, 0.2) is 15.1 Å². The quantitative estimate of drug-likeness (QED) is 0.380. The Balaban J connectivity index is 2.88. The van der Waals surface area contributed by atoms with Gasteiger partial charge >= 0.3 is 106 Å². The maximum absolute atomic E-state index is 4.43. The monoisotopic (exact) mass is 584 g/mol. The van der Waals surface area contributed by atoms with E-state index in [1.165, 1.54) is 0 Å². The first-order valence-corrected chi connectivity index (χ1v) is 15.5. The topological polar surface area (TPSA) is 0 Å². The van der Waals surface area contributed by atoms with E-state index in [4.69, 9.17) is 0 Å². The average Bonchev–Trinajstić information content (AvgIpc) is 1.78. The summed E-state index contributed by atoms with van der Waals surface area (Å²) in [6.45, 7) is 23.2. The molecule has 1 saturated heterocycles. The summed E-state index contributed by atoms with van der Waals surface area (Å²) in [6.07, 6.45) is 0. The van der Waals surface area contributed by atoms with Crippen molar-refractivity contribution in [1.82, 2.24) is 0 Å². The van der Waals surface area contributed by atoms with Gasteiger partial charge in [0.25, 0.3) is 0 Å². The molecule has 0 atom stereocenters. The number of hydrogen-bond donors (Lipinski definition) is 0. The Morgan fingerprint density at radius 1 is 0.714 bits per heavy atom. The van der Waals surface area contributed by atoms with E-state index in [2.05, 4.69) is 54.7 Å². The van der Waals surface area contributed by atoms with Crippen molar-refractivity contribution in [3.63, 3.8) is 0 Å². The molecule has 0 unspecified atom stereocenters. The third-order valence-electron chi connectivity index (χ3n) is 2.37. The molecule has 0 aliphatic carbocycles. The second kappa shape index (κ2) is 3.92. The summed E-state index contributed by atoms with van der Waals surface area (Å²) in [6, 6.07) is 0. The van der Waals surface area contributed by atoms with Crippen LogP contribution in [0, 0.1) is 0 Å². The SMILES string of the molecule is C=[C]1[Bi]([C](C)(C)C)[C](=C)[Bi]1[C](C)(C)C. The van der Waals surface area contributed by atoms with Crippen LogP contribution in [0.2, 0.25) is 6.25 Å². The molecule has 0 radical (unpaired) electrons. The van der Waals surface area contributed by atoms with Crippen molar-refractivity contribution >= 4 is 43.5 Å².